The molecule has 0 aliphatic rings. The monoisotopic (exact) mass is 347 g/mol. The molecule has 1 rings (SSSR count). The molecule has 0 fully saturated rings. The molecular formula is C14H22INO. The molecule has 0 saturated carbocycles. The molecule has 1 aromatic carbocycles. The van der Waals surface area contributed by atoms with Gasteiger partial charge >= 0.3 is 0 Å². The molecule has 1 N–H and O–H groups in total. The summed E-state index contributed by atoms with van der Waals surface area (Å²) in [5, 5.41) is 9.98. The second-order valence-electron chi connectivity index (χ2n) is 4.30. The first-order chi connectivity index (χ1) is 8.15. The van der Waals surface area contributed by atoms with E-state index in [1.165, 1.54) is 9.13 Å². The SMILES string of the molecule is CCN(CC)CCC(O)Cc1ccc(I)cc1. The van der Waals surface area contributed by atoms with Crippen LogP contribution in [0.3, 0.4) is 0 Å². The van der Waals surface area contributed by atoms with E-state index in [9.17, 15) is 5.11 Å². The molecule has 0 aliphatic heterocycles. The molecule has 0 aromatic heterocycles. The zero-order chi connectivity index (χ0) is 12.7. The summed E-state index contributed by atoms with van der Waals surface area (Å²) in [6.07, 6.45) is 1.39. The van der Waals surface area contributed by atoms with Gasteiger partial charge < -0.3 is 10.0 Å². The Labute approximate surface area is 118 Å². The van der Waals surface area contributed by atoms with E-state index in [0.717, 1.165) is 32.5 Å². The van der Waals surface area contributed by atoms with Crippen LogP contribution in [0, 0.1) is 3.57 Å². The van der Waals surface area contributed by atoms with E-state index in [0.29, 0.717) is 0 Å². The highest BCUT2D eigenvalue weighted by Gasteiger charge is 2.07. The highest BCUT2D eigenvalue weighted by atomic mass is 127. The largest absolute Gasteiger partial charge is 0.393 e. The van der Waals surface area contributed by atoms with Gasteiger partial charge in [0.1, 0.15) is 0 Å². The van der Waals surface area contributed by atoms with E-state index in [2.05, 4.69) is 65.6 Å². The molecule has 0 aliphatic carbocycles. The Balaban J connectivity index is 2.34. The van der Waals surface area contributed by atoms with Crippen molar-refractivity contribution in [1.82, 2.24) is 4.90 Å². The maximum absolute atomic E-state index is 9.98. The van der Waals surface area contributed by atoms with Gasteiger partial charge in [-0.1, -0.05) is 26.0 Å². The fourth-order valence-corrected chi connectivity index (χ4v) is 2.23. The Kier molecular flexibility index (Phi) is 7.08. The smallest absolute Gasteiger partial charge is 0.0592 e. The summed E-state index contributed by atoms with van der Waals surface area (Å²) in [5.41, 5.74) is 1.22. The van der Waals surface area contributed by atoms with Crippen LogP contribution in [-0.4, -0.2) is 35.7 Å². The number of hydrogen-bond donors (Lipinski definition) is 1. The zero-order valence-electron chi connectivity index (χ0n) is 10.7. The number of benzene rings is 1. The van der Waals surface area contributed by atoms with Crippen LogP contribution in [0.4, 0.5) is 0 Å². The van der Waals surface area contributed by atoms with Crippen molar-refractivity contribution >= 4 is 22.6 Å². The number of nitrogens with zero attached hydrogens (tertiary/aromatic N) is 1. The summed E-state index contributed by atoms with van der Waals surface area (Å²) in [7, 11) is 0. The molecule has 2 nitrogen and oxygen atoms in total. The van der Waals surface area contributed by atoms with Gasteiger partial charge in [0.2, 0.25) is 0 Å². The first-order valence-electron chi connectivity index (χ1n) is 6.30. The van der Waals surface area contributed by atoms with Crippen molar-refractivity contribution in [3.63, 3.8) is 0 Å². The predicted octanol–water partition coefficient (Wildman–Crippen LogP) is 2.93. The minimum atomic E-state index is -0.226. The number of rotatable bonds is 7. The van der Waals surface area contributed by atoms with Gasteiger partial charge in [-0.25, -0.2) is 0 Å². The van der Waals surface area contributed by atoms with Crippen LogP contribution in [0.15, 0.2) is 24.3 Å². The third-order valence-electron chi connectivity index (χ3n) is 3.06. The van der Waals surface area contributed by atoms with Crippen LogP contribution in [0.2, 0.25) is 0 Å². The summed E-state index contributed by atoms with van der Waals surface area (Å²) in [4.78, 5) is 2.34. The maximum atomic E-state index is 9.98. The second-order valence-corrected chi connectivity index (χ2v) is 5.55. The summed E-state index contributed by atoms with van der Waals surface area (Å²) < 4.78 is 1.24. The van der Waals surface area contributed by atoms with Gasteiger partial charge in [-0.15, -0.1) is 0 Å². The topological polar surface area (TPSA) is 23.5 Å². The normalized spacial score (nSPS) is 13.0. The molecule has 96 valence electrons. The van der Waals surface area contributed by atoms with Crippen LogP contribution in [0.1, 0.15) is 25.8 Å². The summed E-state index contributed by atoms with van der Waals surface area (Å²) >= 11 is 2.30. The lowest BCUT2D eigenvalue weighted by Gasteiger charge is -2.20. The van der Waals surface area contributed by atoms with Crippen molar-refractivity contribution in [1.29, 1.82) is 0 Å². The molecule has 3 heteroatoms. The van der Waals surface area contributed by atoms with E-state index < -0.39 is 0 Å². The first-order valence-corrected chi connectivity index (χ1v) is 7.38. The molecule has 1 atom stereocenters. The fraction of sp³-hybridized carbons (Fsp3) is 0.571. The van der Waals surface area contributed by atoms with Crippen molar-refractivity contribution < 1.29 is 5.11 Å². The summed E-state index contributed by atoms with van der Waals surface area (Å²) in [6, 6.07) is 8.38. The maximum Gasteiger partial charge on any atom is 0.0592 e. The van der Waals surface area contributed by atoms with Gasteiger partial charge in [0.05, 0.1) is 6.10 Å². The highest BCUT2D eigenvalue weighted by molar-refractivity contribution is 14.1. The lowest BCUT2D eigenvalue weighted by molar-refractivity contribution is 0.143. The molecule has 1 unspecified atom stereocenters. The Hall–Kier alpha value is -0.130. The van der Waals surface area contributed by atoms with Crippen molar-refractivity contribution in [2.75, 3.05) is 19.6 Å². The van der Waals surface area contributed by atoms with Gasteiger partial charge in [-0.2, -0.15) is 0 Å². The van der Waals surface area contributed by atoms with Gasteiger partial charge in [0.15, 0.2) is 0 Å². The molecule has 0 heterocycles. The molecular weight excluding hydrogens is 325 g/mol. The third kappa shape index (κ3) is 5.84. The second kappa shape index (κ2) is 8.06. The molecule has 1 aromatic rings. The average Bonchev–Trinajstić information content (AvgIpc) is 2.33. The highest BCUT2D eigenvalue weighted by Crippen LogP contribution is 2.10. The molecule has 0 amide bonds. The van der Waals surface area contributed by atoms with Crippen LogP contribution >= 0.6 is 22.6 Å². The van der Waals surface area contributed by atoms with Gasteiger partial charge in [-0.3, -0.25) is 0 Å². The predicted molar refractivity (Wildman–Crippen MR) is 81.3 cm³/mol. The fourth-order valence-electron chi connectivity index (χ4n) is 1.87. The van der Waals surface area contributed by atoms with E-state index in [-0.39, 0.29) is 6.10 Å². The van der Waals surface area contributed by atoms with Crippen molar-refractivity contribution in [2.24, 2.45) is 0 Å². The third-order valence-corrected chi connectivity index (χ3v) is 3.78. The Morgan fingerprint density at radius 2 is 1.76 bits per heavy atom. The average molecular weight is 347 g/mol. The number of aliphatic hydroxyl groups is 1. The summed E-state index contributed by atoms with van der Waals surface area (Å²) in [6.45, 7) is 7.43. The Morgan fingerprint density at radius 3 is 2.29 bits per heavy atom. The lowest BCUT2D eigenvalue weighted by Crippen LogP contribution is -2.27. The Bertz CT molecular complexity index is 309. The van der Waals surface area contributed by atoms with Crippen molar-refractivity contribution in [2.45, 2.75) is 32.8 Å². The number of halogens is 1. The first kappa shape index (κ1) is 14.9. The van der Waals surface area contributed by atoms with Gasteiger partial charge in [0, 0.05) is 10.1 Å². The van der Waals surface area contributed by atoms with Crippen molar-refractivity contribution in [3.8, 4) is 0 Å². The molecule has 0 bridgehead atoms. The molecule has 0 radical (unpaired) electrons. The standard InChI is InChI=1S/C14H22INO/c1-3-16(4-2)10-9-14(17)11-12-5-7-13(15)8-6-12/h5-8,14,17H,3-4,9-11H2,1-2H3. The van der Waals surface area contributed by atoms with Crippen LogP contribution in [0.25, 0.3) is 0 Å². The quantitative estimate of drug-likeness (QED) is 0.767. The molecule has 0 spiro atoms. The van der Waals surface area contributed by atoms with Crippen LogP contribution in [-0.2, 0) is 6.42 Å². The van der Waals surface area contributed by atoms with E-state index in [4.69, 9.17) is 0 Å². The van der Waals surface area contributed by atoms with Crippen LogP contribution < -0.4 is 0 Å². The summed E-state index contributed by atoms with van der Waals surface area (Å²) in [5.74, 6) is 0. The Morgan fingerprint density at radius 1 is 1.18 bits per heavy atom. The van der Waals surface area contributed by atoms with Crippen LogP contribution in [0.5, 0.6) is 0 Å². The number of hydrogen-bond acceptors (Lipinski definition) is 2. The van der Waals surface area contributed by atoms with Gasteiger partial charge in [0.25, 0.3) is 0 Å². The van der Waals surface area contributed by atoms with E-state index in [1.807, 2.05) is 0 Å². The van der Waals surface area contributed by atoms with E-state index >= 15 is 0 Å². The molecule has 17 heavy (non-hydrogen) atoms. The zero-order valence-corrected chi connectivity index (χ0v) is 12.9. The van der Waals surface area contributed by atoms with Crippen molar-refractivity contribution in [3.05, 3.63) is 33.4 Å². The number of aliphatic hydroxyl groups excluding tert-OH is 1. The minimum absolute atomic E-state index is 0.226. The van der Waals surface area contributed by atoms with Gasteiger partial charge in [-0.05, 0) is 66.2 Å². The lowest BCUT2D eigenvalue weighted by atomic mass is 10.1. The minimum Gasteiger partial charge on any atom is -0.393 e. The molecule has 0 saturated heterocycles. The van der Waals surface area contributed by atoms with E-state index in [1.54, 1.807) is 0 Å².